The third-order valence-electron chi connectivity index (χ3n) is 5.31. The fraction of sp³-hybridized carbons (Fsp3) is 0.562. The van der Waals surface area contributed by atoms with Crippen LogP contribution in [0.3, 0.4) is 0 Å². The number of likely N-dealkylation sites (N-methyl/N-ethyl adjacent to an activating group) is 2. The van der Waals surface area contributed by atoms with Gasteiger partial charge < -0.3 is 14.7 Å². The average Bonchev–Trinajstić information content (AvgIpc) is 2.50. The number of carbonyl (C=O) groups is 3. The van der Waals surface area contributed by atoms with Crippen molar-refractivity contribution in [3.8, 4) is 0 Å². The lowest BCUT2D eigenvalue weighted by Crippen LogP contribution is -2.71. The van der Waals surface area contributed by atoms with E-state index in [2.05, 4.69) is 0 Å². The van der Waals surface area contributed by atoms with E-state index in [0.29, 0.717) is 0 Å². The second kappa shape index (κ2) is 5.01. The summed E-state index contributed by atoms with van der Waals surface area (Å²) in [6.45, 7) is 3.33. The zero-order valence-electron chi connectivity index (χ0n) is 13.8. The van der Waals surface area contributed by atoms with Gasteiger partial charge in [0.15, 0.2) is 11.5 Å². The zero-order valence-corrected chi connectivity index (χ0v) is 13.8. The Kier molecular flexibility index (Phi) is 3.46. The minimum absolute atomic E-state index is 0.0135. The number of methoxy groups -OCH3 is 1. The summed E-state index contributed by atoms with van der Waals surface area (Å²) in [5, 5.41) is 10.6. The number of Topliss-reactive ketones (excluding diaryl/α,β-unsaturated/α-hetero) is 2. The van der Waals surface area contributed by atoms with Crippen LogP contribution in [0.5, 0.6) is 0 Å². The van der Waals surface area contributed by atoms with E-state index in [1.807, 2.05) is 6.92 Å². The van der Waals surface area contributed by atoms with Crippen LogP contribution in [0.15, 0.2) is 22.5 Å². The van der Waals surface area contributed by atoms with Gasteiger partial charge in [0.05, 0.1) is 13.2 Å². The van der Waals surface area contributed by atoms with Gasteiger partial charge in [0.25, 0.3) is 0 Å². The first kappa shape index (κ1) is 15.9. The predicted molar refractivity (Wildman–Crippen MR) is 80.3 cm³/mol. The lowest BCUT2D eigenvalue weighted by Gasteiger charge is -2.53. The van der Waals surface area contributed by atoms with Crippen LogP contribution in [0.2, 0.25) is 0 Å². The molecular formula is C16H20N2O5. The molecule has 1 aliphatic carbocycles. The van der Waals surface area contributed by atoms with Crippen LogP contribution in [-0.4, -0.2) is 77.8 Å². The van der Waals surface area contributed by atoms with Crippen molar-refractivity contribution in [2.45, 2.75) is 38.1 Å². The van der Waals surface area contributed by atoms with Crippen molar-refractivity contribution in [2.75, 3.05) is 21.2 Å². The largest absolute Gasteiger partial charge is 0.492 e. The van der Waals surface area contributed by atoms with Crippen LogP contribution < -0.4 is 0 Å². The molecule has 1 fully saturated rings. The maximum atomic E-state index is 12.8. The van der Waals surface area contributed by atoms with E-state index in [0.717, 1.165) is 0 Å². The highest BCUT2D eigenvalue weighted by Gasteiger charge is 2.56. The number of amides is 1. The number of aliphatic hydroxyl groups is 1. The number of rotatable bonds is 1. The van der Waals surface area contributed by atoms with Crippen LogP contribution in [0, 0.1) is 0 Å². The number of aliphatic hydroxyl groups excluding tert-OH is 1. The van der Waals surface area contributed by atoms with Crippen molar-refractivity contribution in [2.24, 2.45) is 0 Å². The van der Waals surface area contributed by atoms with Gasteiger partial charge in [0.2, 0.25) is 11.7 Å². The molecule has 3 rings (SSSR count). The summed E-state index contributed by atoms with van der Waals surface area (Å²) in [5.74, 6) is -1.05. The molecule has 2 aliphatic heterocycles. The first-order valence-electron chi connectivity index (χ1n) is 7.49. The Morgan fingerprint density at radius 1 is 1.04 bits per heavy atom. The summed E-state index contributed by atoms with van der Waals surface area (Å²) in [6, 6.07) is -1.60. The van der Waals surface area contributed by atoms with Crippen molar-refractivity contribution < 1.29 is 24.2 Å². The number of carbonyl (C=O) groups excluding carboxylic acids is 3. The number of nitrogens with zero attached hydrogens (tertiary/aromatic N) is 2. The summed E-state index contributed by atoms with van der Waals surface area (Å²) in [5.41, 5.74) is 0.469. The molecule has 2 heterocycles. The van der Waals surface area contributed by atoms with Gasteiger partial charge >= 0.3 is 0 Å². The molecule has 1 saturated heterocycles. The molecule has 7 nitrogen and oxygen atoms in total. The fourth-order valence-corrected chi connectivity index (χ4v) is 3.94. The predicted octanol–water partition coefficient (Wildman–Crippen LogP) is -0.741. The molecular weight excluding hydrogens is 300 g/mol. The van der Waals surface area contributed by atoms with E-state index in [1.54, 1.807) is 19.0 Å². The highest BCUT2D eigenvalue weighted by molar-refractivity contribution is 6.25. The normalized spacial score (nSPS) is 35.0. The molecule has 1 unspecified atom stereocenters. The smallest absolute Gasteiger partial charge is 0.243 e. The van der Waals surface area contributed by atoms with E-state index >= 15 is 0 Å². The Hall–Kier alpha value is -1.99. The molecule has 23 heavy (non-hydrogen) atoms. The molecule has 0 radical (unpaired) electrons. The van der Waals surface area contributed by atoms with Crippen LogP contribution >= 0.6 is 0 Å². The molecule has 1 amide bonds. The van der Waals surface area contributed by atoms with Crippen LogP contribution in [0.25, 0.3) is 0 Å². The van der Waals surface area contributed by atoms with Gasteiger partial charge in [-0.15, -0.1) is 0 Å². The van der Waals surface area contributed by atoms with Crippen LogP contribution in [0.4, 0.5) is 0 Å². The minimum Gasteiger partial charge on any atom is -0.492 e. The molecule has 7 heteroatoms. The van der Waals surface area contributed by atoms with Gasteiger partial charge in [0, 0.05) is 29.8 Å². The molecule has 0 aromatic carbocycles. The van der Waals surface area contributed by atoms with E-state index in [-0.39, 0.29) is 40.2 Å². The Bertz CT molecular complexity index is 693. The van der Waals surface area contributed by atoms with Crippen molar-refractivity contribution in [1.29, 1.82) is 0 Å². The SMILES string of the molecule is COC1=C(C)C(=O)C2=C(C1=O)[C@@H]1[C@@H](C)N(C)C(=O)[C@H](C2O)N1C. The monoisotopic (exact) mass is 320 g/mol. The summed E-state index contributed by atoms with van der Waals surface area (Å²) in [7, 11) is 4.69. The molecule has 0 aromatic rings. The summed E-state index contributed by atoms with van der Waals surface area (Å²) in [6.07, 6.45) is -1.32. The summed E-state index contributed by atoms with van der Waals surface area (Å²) < 4.78 is 5.12. The Morgan fingerprint density at radius 2 is 1.65 bits per heavy atom. The Balaban J connectivity index is 2.25. The maximum Gasteiger partial charge on any atom is 0.243 e. The third-order valence-corrected chi connectivity index (χ3v) is 5.31. The molecule has 0 aromatic heterocycles. The van der Waals surface area contributed by atoms with E-state index in [9.17, 15) is 19.5 Å². The molecule has 2 bridgehead atoms. The second-order valence-electron chi connectivity index (χ2n) is 6.33. The van der Waals surface area contributed by atoms with Crippen molar-refractivity contribution in [1.82, 2.24) is 9.80 Å². The van der Waals surface area contributed by atoms with E-state index < -0.39 is 24.0 Å². The summed E-state index contributed by atoms with van der Waals surface area (Å²) >= 11 is 0. The number of allylic oxidation sites excluding steroid dienone is 2. The minimum atomic E-state index is -1.32. The van der Waals surface area contributed by atoms with Crippen molar-refractivity contribution in [3.05, 3.63) is 22.5 Å². The molecule has 124 valence electrons. The lowest BCUT2D eigenvalue weighted by atomic mass is 9.73. The highest BCUT2D eigenvalue weighted by atomic mass is 16.5. The molecule has 3 aliphatic rings. The number of piperazine rings is 1. The van der Waals surface area contributed by atoms with Gasteiger partial charge in [-0.1, -0.05) is 0 Å². The first-order valence-corrected chi connectivity index (χ1v) is 7.49. The fourth-order valence-electron chi connectivity index (χ4n) is 3.94. The Morgan fingerprint density at radius 3 is 2.22 bits per heavy atom. The van der Waals surface area contributed by atoms with Gasteiger partial charge in [0.1, 0.15) is 12.1 Å². The number of hydrogen-bond acceptors (Lipinski definition) is 6. The lowest BCUT2D eigenvalue weighted by molar-refractivity contribution is -0.153. The van der Waals surface area contributed by atoms with E-state index in [4.69, 9.17) is 4.74 Å². The Labute approximate surface area is 134 Å². The third kappa shape index (κ3) is 1.80. The quantitative estimate of drug-likeness (QED) is 0.640. The molecule has 0 saturated carbocycles. The molecule has 0 spiro atoms. The first-order chi connectivity index (χ1) is 10.7. The number of ketones is 2. The maximum absolute atomic E-state index is 12.8. The average molecular weight is 320 g/mol. The van der Waals surface area contributed by atoms with Crippen molar-refractivity contribution in [3.63, 3.8) is 0 Å². The molecule has 4 atom stereocenters. The topological polar surface area (TPSA) is 87.2 Å². The number of ether oxygens (including phenoxy) is 1. The standard InChI is InChI=1S/C16H20N2O5/c1-6-12(19)9-8(14(21)15(6)23-5)10-7(2)17(3)16(22)11(13(9)20)18(10)4/h7,10-11,13,20H,1-5H3/t7-,10+,11+,13?/m1/s1. The zero-order chi connectivity index (χ0) is 17.2. The van der Waals surface area contributed by atoms with E-state index in [1.165, 1.54) is 18.9 Å². The number of hydrogen-bond donors (Lipinski definition) is 1. The van der Waals surface area contributed by atoms with Crippen LogP contribution in [-0.2, 0) is 19.1 Å². The molecule has 1 N–H and O–H groups in total. The highest BCUT2D eigenvalue weighted by Crippen LogP contribution is 2.41. The van der Waals surface area contributed by atoms with Crippen LogP contribution in [0.1, 0.15) is 13.8 Å². The van der Waals surface area contributed by atoms with Gasteiger partial charge in [-0.05, 0) is 20.9 Å². The van der Waals surface area contributed by atoms with Crippen molar-refractivity contribution >= 4 is 17.5 Å². The van der Waals surface area contributed by atoms with Gasteiger partial charge in [-0.25, -0.2) is 0 Å². The van der Waals surface area contributed by atoms with Gasteiger partial charge in [-0.2, -0.15) is 0 Å². The summed E-state index contributed by atoms with van der Waals surface area (Å²) in [4.78, 5) is 41.2. The van der Waals surface area contributed by atoms with Gasteiger partial charge in [-0.3, -0.25) is 19.3 Å². The second-order valence-corrected chi connectivity index (χ2v) is 6.33. The number of fused-ring (bicyclic) bond motifs is 3.